The van der Waals surface area contributed by atoms with E-state index in [9.17, 15) is 5.11 Å². The second-order valence-electron chi connectivity index (χ2n) is 6.74. The van der Waals surface area contributed by atoms with Crippen molar-refractivity contribution in [2.45, 2.75) is 32.9 Å². The van der Waals surface area contributed by atoms with E-state index in [1.807, 2.05) is 38.1 Å². The van der Waals surface area contributed by atoms with E-state index >= 15 is 0 Å². The number of hydrogen-bond donors (Lipinski definition) is 1. The number of ether oxygens (including phenoxy) is 1. The summed E-state index contributed by atoms with van der Waals surface area (Å²) < 4.78 is 5.82. The number of nitrogens with zero attached hydrogens (tertiary/aromatic N) is 3. The second-order valence-corrected chi connectivity index (χ2v) is 6.74. The van der Waals surface area contributed by atoms with Gasteiger partial charge in [-0.15, -0.1) is 0 Å². The molecule has 0 saturated heterocycles. The highest BCUT2D eigenvalue weighted by Gasteiger charge is 2.18. The van der Waals surface area contributed by atoms with Gasteiger partial charge in [0.15, 0.2) is 0 Å². The first-order chi connectivity index (χ1) is 14.2. The van der Waals surface area contributed by atoms with Gasteiger partial charge in [0.1, 0.15) is 18.5 Å². The van der Waals surface area contributed by atoms with Gasteiger partial charge in [0.05, 0.1) is 5.71 Å². The summed E-state index contributed by atoms with van der Waals surface area (Å²) in [7, 11) is 3.46. The molecule has 1 unspecified atom stereocenters. The molecule has 0 aromatic heterocycles. The van der Waals surface area contributed by atoms with Gasteiger partial charge in [-0.05, 0) is 29.7 Å². The number of β-amino-alcohol motifs (C(OH)–C–C–N with tert-alkyl or cyclic N) is 1. The standard InChI is InChI=1S/C22H27N3O2.C2H6/c1-23-13-22(24-2)18-8-5-9-21(12-18)27-16-20(26)15-25-11-10-17-6-3-4-7-19(17)14-25;1-2/h3-9,12-13,20,26H,10-11,14-16H2,1-2H3;1-2H3. The molecule has 0 saturated carbocycles. The Morgan fingerprint density at radius 1 is 1.14 bits per heavy atom. The fourth-order valence-electron chi connectivity index (χ4n) is 3.38. The quantitative estimate of drug-likeness (QED) is 0.729. The van der Waals surface area contributed by atoms with Crippen LogP contribution in [0.25, 0.3) is 0 Å². The van der Waals surface area contributed by atoms with Gasteiger partial charge in [0, 0.05) is 45.5 Å². The van der Waals surface area contributed by atoms with Crippen LogP contribution in [-0.2, 0) is 13.0 Å². The maximum atomic E-state index is 10.4. The zero-order valence-electron chi connectivity index (χ0n) is 18.0. The fraction of sp³-hybridized carbons (Fsp3) is 0.417. The second kappa shape index (κ2) is 12.1. The zero-order valence-corrected chi connectivity index (χ0v) is 18.0. The molecule has 2 aromatic rings. The molecule has 0 amide bonds. The Morgan fingerprint density at radius 2 is 1.90 bits per heavy atom. The minimum absolute atomic E-state index is 0.266. The number of benzene rings is 2. The van der Waals surface area contributed by atoms with Crippen molar-refractivity contribution in [3.05, 3.63) is 65.2 Å². The molecule has 5 nitrogen and oxygen atoms in total. The number of rotatable bonds is 7. The molecule has 156 valence electrons. The highest BCUT2D eigenvalue weighted by molar-refractivity contribution is 6.38. The SMILES string of the molecule is CC.CN=CC(=NC)c1cccc(OCC(O)CN2CCc3ccccc3C2)c1. The largest absolute Gasteiger partial charge is 0.491 e. The Morgan fingerprint density at radius 3 is 2.62 bits per heavy atom. The van der Waals surface area contributed by atoms with Gasteiger partial charge in [-0.1, -0.05) is 50.2 Å². The highest BCUT2D eigenvalue weighted by atomic mass is 16.5. The van der Waals surface area contributed by atoms with E-state index in [-0.39, 0.29) is 6.61 Å². The van der Waals surface area contributed by atoms with Crippen molar-refractivity contribution in [1.29, 1.82) is 0 Å². The normalized spacial score (nSPS) is 15.4. The van der Waals surface area contributed by atoms with Crippen LogP contribution in [0.1, 0.15) is 30.5 Å². The predicted octanol–water partition coefficient (Wildman–Crippen LogP) is 3.63. The van der Waals surface area contributed by atoms with Crippen molar-refractivity contribution in [1.82, 2.24) is 4.90 Å². The van der Waals surface area contributed by atoms with Crippen LogP contribution in [-0.4, -0.2) is 61.8 Å². The van der Waals surface area contributed by atoms with Gasteiger partial charge in [-0.25, -0.2) is 0 Å². The van der Waals surface area contributed by atoms with Crippen LogP contribution in [0, 0.1) is 0 Å². The molecule has 0 aliphatic carbocycles. The summed E-state index contributed by atoms with van der Waals surface area (Å²) in [5.74, 6) is 0.723. The van der Waals surface area contributed by atoms with Crippen molar-refractivity contribution >= 4 is 11.9 Å². The van der Waals surface area contributed by atoms with E-state index < -0.39 is 6.10 Å². The third kappa shape index (κ3) is 6.80. The van der Waals surface area contributed by atoms with Crippen molar-refractivity contribution in [2.24, 2.45) is 9.98 Å². The van der Waals surface area contributed by atoms with E-state index in [0.717, 1.165) is 36.5 Å². The third-order valence-corrected chi connectivity index (χ3v) is 4.74. The van der Waals surface area contributed by atoms with Gasteiger partial charge >= 0.3 is 0 Å². The maximum absolute atomic E-state index is 10.4. The predicted molar refractivity (Wildman–Crippen MR) is 122 cm³/mol. The van der Waals surface area contributed by atoms with Crippen LogP contribution in [0.5, 0.6) is 5.75 Å². The van der Waals surface area contributed by atoms with E-state index in [2.05, 4.69) is 39.2 Å². The van der Waals surface area contributed by atoms with Gasteiger partial charge < -0.3 is 9.84 Å². The van der Waals surface area contributed by atoms with Gasteiger partial charge in [0.2, 0.25) is 0 Å². The molecule has 1 atom stereocenters. The number of hydrogen-bond acceptors (Lipinski definition) is 5. The summed E-state index contributed by atoms with van der Waals surface area (Å²) in [6.07, 6.45) is 2.22. The summed E-state index contributed by atoms with van der Waals surface area (Å²) in [5.41, 5.74) is 4.52. The zero-order chi connectivity index (χ0) is 21.1. The molecule has 3 rings (SSSR count). The smallest absolute Gasteiger partial charge is 0.120 e. The first-order valence-electron chi connectivity index (χ1n) is 10.3. The van der Waals surface area contributed by atoms with Gasteiger partial charge in [-0.2, -0.15) is 0 Å². The van der Waals surface area contributed by atoms with Crippen LogP contribution in [0.2, 0.25) is 0 Å². The van der Waals surface area contributed by atoms with Crippen molar-refractivity contribution in [3.8, 4) is 5.75 Å². The molecule has 0 bridgehead atoms. The van der Waals surface area contributed by atoms with E-state index in [0.29, 0.717) is 6.54 Å². The van der Waals surface area contributed by atoms with E-state index in [4.69, 9.17) is 4.74 Å². The van der Waals surface area contributed by atoms with Crippen LogP contribution in [0.15, 0.2) is 58.5 Å². The fourth-order valence-corrected chi connectivity index (χ4v) is 3.38. The van der Waals surface area contributed by atoms with Gasteiger partial charge in [0.25, 0.3) is 0 Å². The number of fused-ring (bicyclic) bond motifs is 1. The topological polar surface area (TPSA) is 57.4 Å². The van der Waals surface area contributed by atoms with Crippen LogP contribution < -0.4 is 4.74 Å². The Hall–Kier alpha value is -2.50. The van der Waals surface area contributed by atoms with Crippen molar-refractivity contribution in [3.63, 3.8) is 0 Å². The molecular weight excluding hydrogens is 362 g/mol. The van der Waals surface area contributed by atoms with Crippen molar-refractivity contribution in [2.75, 3.05) is 33.8 Å². The molecular formula is C24H33N3O2. The van der Waals surface area contributed by atoms with Crippen LogP contribution >= 0.6 is 0 Å². The lowest BCUT2D eigenvalue weighted by Gasteiger charge is -2.30. The summed E-state index contributed by atoms with van der Waals surface area (Å²) in [5, 5.41) is 10.4. The lowest BCUT2D eigenvalue weighted by Crippen LogP contribution is -2.38. The summed E-state index contributed by atoms with van der Waals surface area (Å²) in [4.78, 5) is 10.5. The molecule has 29 heavy (non-hydrogen) atoms. The first kappa shape index (κ1) is 22.8. The molecule has 1 heterocycles. The average molecular weight is 396 g/mol. The molecule has 2 aromatic carbocycles. The molecule has 0 spiro atoms. The Labute approximate surface area is 174 Å². The Balaban J connectivity index is 0.00000145. The average Bonchev–Trinajstić information content (AvgIpc) is 2.77. The van der Waals surface area contributed by atoms with Crippen LogP contribution in [0.4, 0.5) is 0 Å². The number of aliphatic hydroxyl groups excluding tert-OH is 1. The molecule has 0 fully saturated rings. The molecule has 1 aliphatic heterocycles. The summed E-state index contributed by atoms with van der Waals surface area (Å²) in [6, 6.07) is 16.2. The maximum Gasteiger partial charge on any atom is 0.120 e. The molecule has 1 N–H and O–H groups in total. The minimum Gasteiger partial charge on any atom is -0.491 e. The molecule has 1 aliphatic rings. The minimum atomic E-state index is -0.532. The monoisotopic (exact) mass is 395 g/mol. The highest BCUT2D eigenvalue weighted by Crippen LogP contribution is 2.19. The molecule has 0 radical (unpaired) electrons. The van der Waals surface area contributed by atoms with Gasteiger partial charge in [-0.3, -0.25) is 14.9 Å². The number of aliphatic imine (C=N–C) groups is 2. The Bertz CT molecular complexity index is 817. The summed E-state index contributed by atoms with van der Waals surface area (Å²) in [6.45, 7) is 6.73. The number of aliphatic hydroxyl groups is 1. The van der Waals surface area contributed by atoms with E-state index in [1.54, 1.807) is 20.3 Å². The third-order valence-electron chi connectivity index (χ3n) is 4.74. The van der Waals surface area contributed by atoms with Crippen molar-refractivity contribution < 1.29 is 9.84 Å². The lowest BCUT2D eigenvalue weighted by atomic mass is 10.00. The molecule has 5 heteroatoms. The summed E-state index contributed by atoms with van der Waals surface area (Å²) >= 11 is 0. The first-order valence-corrected chi connectivity index (χ1v) is 10.3. The van der Waals surface area contributed by atoms with E-state index in [1.165, 1.54) is 11.1 Å². The Kier molecular flexibility index (Phi) is 9.54. The lowest BCUT2D eigenvalue weighted by molar-refractivity contribution is 0.0638. The van der Waals surface area contributed by atoms with Crippen LogP contribution in [0.3, 0.4) is 0 Å².